The van der Waals surface area contributed by atoms with Crippen molar-refractivity contribution in [2.45, 2.75) is 38.8 Å². The summed E-state index contributed by atoms with van der Waals surface area (Å²) in [5, 5.41) is 0. The summed E-state index contributed by atoms with van der Waals surface area (Å²) < 4.78 is 0. The summed E-state index contributed by atoms with van der Waals surface area (Å²) in [7, 11) is 0. The summed E-state index contributed by atoms with van der Waals surface area (Å²) in [4.78, 5) is 2.60. The molecule has 1 aromatic carbocycles. The molecule has 1 saturated heterocycles. The fraction of sp³-hybridized carbons (Fsp3) is 0.412. The minimum absolute atomic E-state index is 0.500. The maximum absolute atomic E-state index is 4.36. The molecule has 0 spiro atoms. The van der Waals surface area contributed by atoms with Crippen molar-refractivity contribution in [1.82, 2.24) is 4.90 Å². The number of fused-ring (bicyclic) bond motifs is 2. The second-order valence-corrected chi connectivity index (χ2v) is 5.49. The lowest BCUT2D eigenvalue weighted by Gasteiger charge is -2.46. The van der Waals surface area contributed by atoms with Gasteiger partial charge in [0.15, 0.2) is 0 Å². The Kier molecular flexibility index (Phi) is 2.87. The van der Waals surface area contributed by atoms with Gasteiger partial charge >= 0.3 is 0 Å². The molecule has 1 heteroatoms. The number of piperidine rings is 1. The lowest BCUT2D eigenvalue weighted by atomic mass is 9.77. The van der Waals surface area contributed by atoms with Crippen LogP contribution in [0.2, 0.25) is 0 Å². The van der Waals surface area contributed by atoms with Crippen LogP contribution in [0.4, 0.5) is 0 Å². The first-order valence-corrected chi connectivity index (χ1v) is 6.88. The molecule has 2 aliphatic heterocycles. The Morgan fingerprint density at radius 1 is 1.33 bits per heavy atom. The van der Waals surface area contributed by atoms with Gasteiger partial charge in [0.1, 0.15) is 0 Å². The van der Waals surface area contributed by atoms with Gasteiger partial charge in [-0.15, -0.1) is 0 Å². The van der Waals surface area contributed by atoms with Crippen LogP contribution in [0.3, 0.4) is 0 Å². The van der Waals surface area contributed by atoms with Crippen LogP contribution >= 0.6 is 0 Å². The van der Waals surface area contributed by atoms with Gasteiger partial charge in [-0.3, -0.25) is 4.90 Å². The molecule has 3 rings (SSSR count). The van der Waals surface area contributed by atoms with E-state index in [0.717, 1.165) is 13.0 Å². The molecule has 0 aromatic heterocycles. The predicted octanol–water partition coefficient (Wildman–Crippen LogP) is 3.88. The smallest absolute Gasteiger partial charge is 0.0414 e. The van der Waals surface area contributed by atoms with Gasteiger partial charge in [0.05, 0.1) is 0 Å². The zero-order chi connectivity index (χ0) is 12.7. The van der Waals surface area contributed by atoms with E-state index in [1.807, 2.05) is 0 Å². The van der Waals surface area contributed by atoms with E-state index in [4.69, 9.17) is 0 Å². The van der Waals surface area contributed by atoms with E-state index in [2.05, 4.69) is 55.7 Å². The first kappa shape index (κ1) is 11.7. The van der Waals surface area contributed by atoms with E-state index in [1.54, 1.807) is 0 Å². The Labute approximate surface area is 110 Å². The van der Waals surface area contributed by atoms with Gasteiger partial charge < -0.3 is 0 Å². The Balaban J connectivity index is 2.02. The van der Waals surface area contributed by atoms with Crippen molar-refractivity contribution in [1.29, 1.82) is 0 Å². The maximum Gasteiger partial charge on any atom is 0.0414 e. The highest BCUT2D eigenvalue weighted by molar-refractivity contribution is 5.43. The molecule has 1 fully saturated rings. The normalized spacial score (nSPS) is 30.1. The summed E-state index contributed by atoms with van der Waals surface area (Å²) in [6, 6.07) is 9.37. The average molecular weight is 239 g/mol. The highest BCUT2D eigenvalue weighted by atomic mass is 15.2. The molecule has 0 radical (unpaired) electrons. The van der Waals surface area contributed by atoms with Crippen molar-refractivity contribution < 1.29 is 0 Å². The fourth-order valence-electron chi connectivity index (χ4n) is 3.61. The van der Waals surface area contributed by atoms with Gasteiger partial charge in [-0.2, -0.15) is 0 Å². The average Bonchev–Trinajstić information content (AvgIpc) is 2.39. The van der Waals surface area contributed by atoms with Crippen LogP contribution in [0.25, 0.3) is 0 Å². The molecule has 1 aromatic rings. The van der Waals surface area contributed by atoms with Crippen molar-refractivity contribution >= 4 is 0 Å². The Morgan fingerprint density at radius 2 is 2.11 bits per heavy atom. The molecule has 1 nitrogen and oxygen atoms in total. The van der Waals surface area contributed by atoms with Crippen molar-refractivity contribution in [3.8, 4) is 0 Å². The molecular weight excluding hydrogens is 218 g/mol. The monoisotopic (exact) mass is 239 g/mol. The van der Waals surface area contributed by atoms with Crippen LogP contribution in [0.5, 0.6) is 0 Å². The fourth-order valence-corrected chi connectivity index (χ4v) is 3.61. The highest BCUT2D eigenvalue weighted by Crippen LogP contribution is 2.41. The van der Waals surface area contributed by atoms with Gasteiger partial charge in [0, 0.05) is 25.0 Å². The van der Waals surface area contributed by atoms with Crippen LogP contribution in [0, 0.1) is 0 Å². The molecule has 2 aliphatic rings. The third kappa shape index (κ3) is 1.65. The second-order valence-electron chi connectivity index (χ2n) is 5.49. The molecule has 94 valence electrons. The first-order chi connectivity index (χ1) is 8.72. The molecule has 18 heavy (non-hydrogen) atoms. The minimum Gasteiger partial charge on any atom is -0.291 e. The third-order valence-corrected chi connectivity index (χ3v) is 4.57. The SMILES string of the molecule is C=C1/C(=C\C)CCN2Cc3ccccc3C(C)C12. The number of nitrogens with zero attached hydrogens (tertiary/aromatic N) is 1. The zero-order valence-electron chi connectivity index (χ0n) is 11.3. The molecule has 0 N–H and O–H groups in total. The Hall–Kier alpha value is -1.34. The van der Waals surface area contributed by atoms with Crippen LogP contribution in [0.1, 0.15) is 37.3 Å². The number of allylic oxidation sites excluding steroid dienone is 1. The molecule has 0 aliphatic carbocycles. The summed E-state index contributed by atoms with van der Waals surface area (Å²) >= 11 is 0. The van der Waals surface area contributed by atoms with E-state index < -0.39 is 0 Å². The minimum atomic E-state index is 0.500. The summed E-state index contributed by atoms with van der Waals surface area (Å²) in [5.41, 5.74) is 5.81. The van der Waals surface area contributed by atoms with Gasteiger partial charge in [-0.1, -0.05) is 43.8 Å². The van der Waals surface area contributed by atoms with Gasteiger partial charge in [-0.05, 0) is 35.6 Å². The number of rotatable bonds is 0. The molecule has 0 saturated carbocycles. The Morgan fingerprint density at radius 3 is 2.89 bits per heavy atom. The predicted molar refractivity (Wildman–Crippen MR) is 76.6 cm³/mol. The number of benzene rings is 1. The lowest BCUT2D eigenvalue weighted by molar-refractivity contribution is 0.164. The number of hydrogen-bond acceptors (Lipinski definition) is 1. The molecule has 2 heterocycles. The highest BCUT2D eigenvalue weighted by Gasteiger charge is 2.37. The first-order valence-electron chi connectivity index (χ1n) is 6.88. The van der Waals surface area contributed by atoms with E-state index in [0.29, 0.717) is 12.0 Å². The van der Waals surface area contributed by atoms with Gasteiger partial charge in [-0.25, -0.2) is 0 Å². The van der Waals surface area contributed by atoms with E-state index in [-0.39, 0.29) is 0 Å². The third-order valence-electron chi connectivity index (χ3n) is 4.57. The summed E-state index contributed by atoms with van der Waals surface area (Å²) in [5.74, 6) is 0.553. The van der Waals surface area contributed by atoms with E-state index >= 15 is 0 Å². The molecule has 0 bridgehead atoms. The summed E-state index contributed by atoms with van der Waals surface area (Å²) in [6.07, 6.45) is 3.40. The van der Waals surface area contributed by atoms with Crippen molar-refractivity contribution in [2.24, 2.45) is 0 Å². The lowest BCUT2D eigenvalue weighted by Crippen LogP contribution is -2.47. The van der Waals surface area contributed by atoms with Crippen molar-refractivity contribution in [3.63, 3.8) is 0 Å². The zero-order valence-corrected chi connectivity index (χ0v) is 11.3. The standard InChI is InChI=1S/C17H21N/c1-4-14-9-10-18-11-15-7-5-6-8-16(15)13(3)17(18)12(14)2/h4-8,13,17H,2,9-11H2,1,3H3/b14-4-. The molecular formula is C17H21N. The second kappa shape index (κ2) is 4.40. The topological polar surface area (TPSA) is 3.24 Å². The quantitative estimate of drug-likeness (QED) is 0.664. The van der Waals surface area contributed by atoms with Crippen LogP contribution in [-0.4, -0.2) is 17.5 Å². The van der Waals surface area contributed by atoms with Crippen molar-refractivity contribution in [2.75, 3.05) is 6.54 Å². The van der Waals surface area contributed by atoms with Gasteiger partial charge in [0.25, 0.3) is 0 Å². The van der Waals surface area contributed by atoms with E-state index in [9.17, 15) is 0 Å². The Bertz CT molecular complexity index is 512. The van der Waals surface area contributed by atoms with Crippen LogP contribution in [0.15, 0.2) is 48.1 Å². The number of hydrogen-bond donors (Lipinski definition) is 0. The van der Waals surface area contributed by atoms with Gasteiger partial charge in [0.2, 0.25) is 0 Å². The molecule has 2 atom stereocenters. The largest absolute Gasteiger partial charge is 0.291 e. The molecule has 2 unspecified atom stereocenters. The van der Waals surface area contributed by atoms with E-state index in [1.165, 1.54) is 28.8 Å². The van der Waals surface area contributed by atoms with Crippen molar-refractivity contribution in [3.05, 3.63) is 59.2 Å². The van der Waals surface area contributed by atoms with Crippen LogP contribution < -0.4 is 0 Å². The maximum atomic E-state index is 4.36. The molecule has 0 amide bonds. The van der Waals surface area contributed by atoms with Crippen LogP contribution in [-0.2, 0) is 6.54 Å². The summed E-state index contributed by atoms with van der Waals surface area (Å²) in [6.45, 7) is 11.1.